The lowest BCUT2D eigenvalue weighted by Gasteiger charge is -2.20. The van der Waals surface area contributed by atoms with E-state index in [0.717, 1.165) is 31.7 Å². The molecule has 0 bridgehead atoms. The molecule has 2 rings (SSSR count). The third-order valence-corrected chi connectivity index (χ3v) is 3.84. The van der Waals surface area contributed by atoms with Crippen LogP contribution >= 0.6 is 0 Å². The molecule has 5 heteroatoms. The van der Waals surface area contributed by atoms with Crippen molar-refractivity contribution in [2.75, 3.05) is 13.1 Å². The van der Waals surface area contributed by atoms with Crippen LogP contribution in [0.2, 0.25) is 0 Å². The first kappa shape index (κ1) is 15.0. The van der Waals surface area contributed by atoms with Gasteiger partial charge in [0.1, 0.15) is 0 Å². The second-order valence-corrected chi connectivity index (χ2v) is 6.91. The quantitative estimate of drug-likeness (QED) is 0.916. The van der Waals surface area contributed by atoms with Crippen LogP contribution in [0, 0.1) is 5.92 Å². The molecule has 2 heterocycles. The Balaban J connectivity index is 2.03. The molecule has 20 heavy (non-hydrogen) atoms. The number of aryl methyl sites for hydroxylation is 1. The maximum absolute atomic E-state index is 10.8. The van der Waals surface area contributed by atoms with Crippen molar-refractivity contribution in [1.29, 1.82) is 0 Å². The first-order valence-electron chi connectivity index (χ1n) is 7.23. The second-order valence-electron chi connectivity index (χ2n) is 6.91. The highest BCUT2D eigenvalue weighted by Gasteiger charge is 2.27. The predicted molar refractivity (Wildman–Crippen MR) is 77.5 cm³/mol. The lowest BCUT2D eigenvalue weighted by molar-refractivity contribution is -0.138. The van der Waals surface area contributed by atoms with Gasteiger partial charge in [-0.25, -0.2) is 0 Å². The fourth-order valence-electron chi connectivity index (χ4n) is 3.00. The molecule has 1 N–H and O–H groups in total. The van der Waals surface area contributed by atoms with E-state index < -0.39 is 5.97 Å². The van der Waals surface area contributed by atoms with E-state index in [2.05, 4.69) is 37.0 Å². The highest BCUT2D eigenvalue weighted by atomic mass is 16.4. The number of carboxylic acid groups (broad SMARTS) is 1. The van der Waals surface area contributed by atoms with Gasteiger partial charge in [-0.2, -0.15) is 5.10 Å². The third kappa shape index (κ3) is 3.60. The van der Waals surface area contributed by atoms with Crippen molar-refractivity contribution in [1.82, 2.24) is 14.7 Å². The number of carboxylic acids is 1. The van der Waals surface area contributed by atoms with E-state index in [-0.39, 0.29) is 11.8 Å². The Hall–Kier alpha value is -1.36. The van der Waals surface area contributed by atoms with Gasteiger partial charge in [0, 0.05) is 43.7 Å². The van der Waals surface area contributed by atoms with Crippen LogP contribution in [0.4, 0.5) is 0 Å². The van der Waals surface area contributed by atoms with E-state index >= 15 is 0 Å². The highest BCUT2D eigenvalue weighted by molar-refractivity contribution is 5.67. The minimum Gasteiger partial charge on any atom is -0.481 e. The molecule has 112 valence electrons. The van der Waals surface area contributed by atoms with Crippen LogP contribution in [-0.2, 0) is 23.8 Å². The van der Waals surface area contributed by atoms with E-state index in [1.807, 2.05) is 11.7 Å². The summed E-state index contributed by atoms with van der Waals surface area (Å²) in [7, 11) is 1.95. The molecule has 1 aromatic rings. The zero-order valence-electron chi connectivity index (χ0n) is 12.9. The van der Waals surface area contributed by atoms with Crippen LogP contribution in [0.25, 0.3) is 0 Å². The fraction of sp³-hybridized carbons (Fsp3) is 0.733. The largest absolute Gasteiger partial charge is 0.481 e. The SMILES string of the molecule is Cn1cc(CN2CCC(CC(=O)O)C2)c(C(C)(C)C)n1. The van der Waals surface area contributed by atoms with Crippen LogP contribution in [0.3, 0.4) is 0 Å². The van der Waals surface area contributed by atoms with Crippen molar-refractivity contribution < 1.29 is 9.90 Å². The van der Waals surface area contributed by atoms with Gasteiger partial charge in [0.2, 0.25) is 0 Å². The third-order valence-electron chi connectivity index (χ3n) is 3.84. The summed E-state index contributed by atoms with van der Waals surface area (Å²) in [5.74, 6) is -0.393. The Morgan fingerprint density at radius 2 is 2.20 bits per heavy atom. The monoisotopic (exact) mass is 279 g/mol. The van der Waals surface area contributed by atoms with Crippen LogP contribution in [0.5, 0.6) is 0 Å². The minimum absolute atomic E-state index is 0.0385. The molecule has 1 unspecified atom stereocenters. The fourth-order valence-corrected chi connectivity index (χ4v) is 3.00. The molecule has 0 saturated carbocycles. The van der Waals surface area contributed by atoms with Gasteiger partial charge in [0.05, 0.1) is 5.69 Å². The molecule has 0 amide bonds. The highest BCUT2D eigenvalue weighted by Crippen LogP contribution is 2.27. The summed E-state index contributed by atoms with van der Waals surface area (Å²) >= 11 is 0. The molecule has 1 saturated heterocycles. The Morgan fingerprint density at radius 3 is 2.80 bits per heavy atom. The summed E-state index contributed by atoms with van der Waals surface area (Å²) < 4.78 is 1.88. The summed E-state index contributed by atoms with van der Waals surface area (Å²) in [5.41, 5.74) is 2.44. The molecule has 0 aromatic carbocycles. The molecular weight excluding hydrogens is 254 g/mol. The topological polar surface area (TPSA) is 58.4 Å². The van der Waals surface area contributed by atoms with Gasteiger partial charge in [-0.05, 0) is 18.9 Å². The Labute approximate surface area is 120 Å². The van der Waals surface area contributed by atoms with E-state index in [9.17, 15) is 4.79 Å². The number of hydrogen-bond acceptors (Lipinski definition) is 3. The lowest BCUT2D eigenvalue weighted by atomic mass is 9.89. The molecule has 1 aliphatic heterocycles. The van der Waals surface area contributed by atoms with Crippen molar-refractivity contribution in [2.45, 2.75) is 45.6 Å². The molecule has 1 atom stereocenters. The maximum Gasteiger partial charge on any atom is 0.303 e. The smallest absolute Gasteiger partial charge is 0.303 e. The lowest BCUT2D eigenvalue weighted by Crippen LogP contribution is -2.23. The van der Waals surface area contributed by atoms with Gasteiger partial charge >= 0.3 is 5.97 Å². The minimum atomic E-state index is -0.686. The Kier molecular flexibility index (Phi) is 4.18. The summed E-state index contributed by atoms with van der Waals surface area (Å²) in [4.78, 5) is 13.1. The summed E-state index contributed by atoms with van der Waals surface area (Å²) in [6.45, 7) is 9.26. The summed E-state index contributed by atoms with van der Waals surface area (Å²) in [6, 6.07) is 0. The average Bonchev–Trinajstić information content (AvgIpc) is 2.84. The number of carbonyl (C=O) groups is 1. The number of rotatable bonds is 4. The molecular formula is C15H25N3O2. The zero-order chi connectivity index (χ0) is 14.9. The first-order chi connectivity index (χ1) is 9.25. The average molecular weight is 279 g/mol. The number of nitrogens with zero attached hydrogens (tertiary/aromatic N) is 3. The Bertz CT molecular complexity index is 488. The summed E-state index contributed by atoms with van der Waals surface area (Å²) in [5, 5.41) is 13.5. The molecule has 0 aliphatic carbocycles. The standard InChI is InChI=1S/C15H25N3O2/c1-15(2,3)14-12(9-17(4)16-14)10-18-6-5-11(8-18)7-13(19)20/h9,11H,5-8,10H2,1-4H3,(H,19,20). The van der Waals surface area contributed by atoms with Crippen molar-refractivity contribution in [2.24, 2.45) is 13.0 Å². The number of likely N-dealkylation sites (tertiary alicyclic amines) is 1. The van der Waals surface area contributed by atoms with Crippen LogP contribution in [0.1, 0.15) is 44.9 Å². The van der Waals surface area contributed by atoms with Crippen molar-refractivity contribution >= 4 is 5.97 Å². The number of aromatic nitrogens is 2. The van der Waals surface area contributed by atoms with Crippen LogP contribution in [-0.4, -0.2) is 38.8 Å². The number of aliphatic carboxylic acids is 1. The predicted octanol–water partition coefficient (Wildman–Crippen LogP) is 2.01. The molecule has 5 nitrogen and oxygen atoms in total. The molecule has 0 spiro atoms. The van der Waals surface area contributed by atoms with E-state index in [1.165, 1.54) is 5.56 Å². The van der Waals surface area contributed by atoms with Crippen LogP contribution in [0.15, 0.2) is 6.20 Å². The van der Waals surface area contributed by atoms with Gasteiger partial charge in [0.25, 0.3) is 0 Å². The van der Waals surface area contributed by atoms with Crippen molar-refractivity contribution in [3.8, 4) is 0 Å². The molecule has 0 radical (unpaired) electrons. The van der Waals surface area contributed by atoms with Crippen molar-refractivity contribution in [3.63, 3.8) is 0 Å². The first-order valence-corrected chi connectivity index (χ1v) is 7.23. The van der Waals surface area contributed by atoms with Crippen molar-refractivity contribution in [3.05, 3.63) is 17.5 Å². The van der Waals surface area contributed by atoms with Gasteiger partial charge in [-0.1, -0.05) is 20.8 Å². The zero-order valence-corrected chi connectivity index (χ0v) is 12.9. The van der Waals surface area contributed by atoms with Gasteiger partial charge < -0.3 is 5.11 Å². The number of hydrogen-bond donors (Lipinski definition) is 1. The normalized spacial score (nSPS) is 20.5. The maximum atomic E-state index is 10.8. The molecule has 1 aromatic heterocycles. The van der Waals surface area contributed by atoms with Gasteiger partial charge in [-0.15, -0.1) is 0 Å². The van der Waals surface area contributed by atoms with E-state index in [0.29, 0.717) is 5.92 Å². The summed E-state index contributed by atoms with van der Waals surface area (Å²) in [6.07, 6.45) is 3.36. The van der Waals surface area contributed by atoms with Gasteiger partial charge in [0.15, 0.2) is 0 Å². The van der Waals surface area contributed by atoms with E-state index in [1.54, 1.807) is 0 Å². The molecule has 1 fully saturated rings. The van der Waals surface area contributed by atoms with Crippen LogP contribution < -0.4 is 0 Å². The van der Waals surface area contributed by atoms with E-state index in [4.69, 9.17) is 5.11 Å². The molecule has 1 aliphatic rings. The second kappa shape index (κ2) is 5.56. The Morgan fingerprint density at radius 1 is 1.50 bits per heavy atom. The van der Waals surface area contributed by atoms with Gasteiger partial charge in [-0.3, -0.25) is 14.4 Å².